The second kappa shape index (κ2) is 5.78. The molecule has 1 aromatic rings. The summed E-state index contributed by atoms with van der Waals surface area (Å²) in [6.45, 7) is 2.77. The van der Waals surface area contributed by atoms with Crippen molar-refractivity contribution in [1.29, 1.82) is 0 Å². The van der Waals surface area contributed by atoms with Gasteiger partial charge >= 0.3 is 0 Å². The molecule has 1 atom stereocenters. The van der Waals surface area contributed by atoms with Crippen molar-refractivity contribution in [3.63, 3.8) is 0 Å². The summed E-state index contributed by atoms with van der Waals surface area (Å²) in [5, 5.41) is 0. The number of hydrogen-bond donors (Lipinski definition) is 0. The van der Waals surface area contributed by atoms with Crippen LogP contribution in [0, 0.1) is 0 Å². The zero-order chi connectivity index (χ0) is 16.7. The third kappa shape index (κ3) is 2.71. The van der Waals surface area contributed by atoms with E-state index in [9.17, 15) is 13.2 Å². The van der Waals surface area contributed by atoms with Crippen LogP contribution in [0.1, 0.15) is 38.2 Å². The summed E-state index contributed by atoms with van der Waals surface area (Å²) in [6.07, 6.45) is 9.02. The summed E-state index contributed by atoms with van der Waals surface area (Å²) in [4.78, 5) is 15.4. The van der Waals surface area contributed by atoms with E-state index < -0.39 is 15.3 Å². The minimum absolute atomic E-state index is 0.188. The van der Waals surface area contributed by atoms with Gasteiger partial charge in [0.15, 0.2) is 9.84 Å². The Kier molecular flexibility index (Phi) is 4.08. The first-order valence-electron chi connectivity index (χ1n) is 8.17. The fourth-order valence-corrected chi connectivity index (χ4v) is 4.24. The first-order chi connectivity index (χ1) is 10.9. The van der Waals surface area contributed by atoms with Gasteiger partial charge in [-0.3, -0.25) is 4.79 Å². The Morgan fingerprint density at radius 1 is 1.26 bits per heavy atom. The molecule has 0 spiro atoms. The Morgan fingerprint density at radius 3 is 2.39 bits per heavy atom. The number of amides is 1. The van der Waals surface area contributed by atoms with Gasteiger partial charge < -0.3 is 4.90 Å². The fourth-order valence-electron chi connectivity index (χ4n) is 3.61. The van der Waals surface area contributed by atoms with Crippen LogP contribution in [0.25, 0.3) is 0 Å². The van der Waals surface area contributed by atoms with Gasteiger partial charge in [-0.1, -0.05) is 37.6 Å². The maximum Gasteiger partial charge on any atom is 0.234 e. The molecule has 1 fully saturated rings. The van der Waals surface area contributed by atoms with Crippen molar-refractivity contribution in [1.82, 2.24) is 4.90 Å². The Bertz CT molecular complexity index is 730. The molecule has 1 aromatic carbocycles. The van der Waals surface area contributed by atoms with Gasteiger partial charge in [0.2, 0.25) is 5.91 Å². The van der Waals surface area contributed by atoms with Crippen LogP contribution in [-0.2, 0) is 20.0 Å². The van der Waals surface area contributed by atoms with Gasteiger partial charge in [-0.25, -0.2) is 8.42 Å². The molecule has 0 radical (unpaired) electrons. The molecule has 1 saturated carbocycles. The molecule has 0 N–H and O–H groups in total. The van der Waals surface area contributed by atoms with Crippen LogP contribution in [0.4, 0.5) is 0 Å². The molecule has 1 aliphatic carbocycles. The van der Waals surface area contributed by atoms with Crippen molar-refractivity contribution >= 4 is 15.7 Å². The van der Waals surface area contributed by atoms with Gasteiger partial charge in [-0.15, -0.1) is 0 Å². The number of carbonyl (C=O) groups is 1. The standard InChI is InChI=1S/C18H23NO3S/c1-3-15-6-4-13-19(15)17(20)18(11-5-12-18)14-7-9-16(10-8-14)23(2,21)22/h4,6-10,15H,3,5,11-13H2,1-2H3. The molecule has 1 unspecified atom stereocenters. The Hall–Kier alpha value is -1.62. The van der Waals surface area contributed by atoms with E-state index in [1.54, 1.807) is 12.1 Å². The van der Waals surface area contributed by atoms with Crippen LogP contribution >= 0.6 is 0 Å². The number of hydrogen-bond acceptors (Lipinski definition) is 3. The SMILES string of the molecule is CCC1C=CCN1C(=O)C1(c2ccc(S(C)(=O)=O)cc2)CCC1. The van der Waals surface area contributed by atoms with Crippen molar-refractivity contribution in [3.05, 3.63) is 42.0 Å². The van der Waals surface area contributed by atoms with E-state index in [0.717, 1.165) is 31.2 Å². The number of benzene rings is 1. The highest BCUT2D eigenvalue weighted by Gasteiger charge is 2.48. The molecule has 0 saturated heterocycles. The van der Waals surface area contributed by atoms with Gasteiger partial charge in [0.05, 0.1) is 16.4 Å². The van der Waals surface area contributed by atoms with E-state index in [0.29, 0.717) is 11.4 Å². The van der Waals surface area contributed by atoms with Crippen molar-refractivity contribution < 1.29 is 13.2 Å². The van der Waals surface area contributed by atoms with Gasteiger partial charge in [-0.2, -0.15) is 0 Å². The minimum atomic E-state index is -3.21. The minimum Gasteiger partial charge on any atom is -0.332 e. The molecule has 23 heavy (non-hydrogen) atoms. The lowest BCUT2D eigenvalue weighted by molar-refractivity contribution is -0.141. The van der Waals surface area contributed by atoms with E-state index in [1.165, 1.54) is 6.26 Å². The van der Waals surface area contributed by atoms with Crippen molar-refractivity contribution in [3.8, 4) is 0 Å². The lowest BCUT2D eigenvalue weighted by Gasteiger charge is -2.44. The van der Waals surface area contributed by atoms with Crippen molar-refractivity contribution in [2.75, 3.05) is 12.8 Å². The predicted octanol–water partition coefficient (Wildman–Crippen LogP) is 2.69. The average Bonchev–Trinajstić information content (AvgIpc) is 2.94. The van der Waals surface area contributed by atoms with Gasteiger partial charge in [0.1, 0.15) is 0 Å². The van der Waals surface area contributed by atoms with E-state index in [-0.39, 0.29) is 11.9 Å². The summed E-state index contributed by atoms with van der Waals surface area (Å²) >= 11 is 0. The highest BCUT2D eigenvalue weighted by atomic mass is 32.2. The topological polar surface area (TPSA) is 54.5 Å². The quantitative estimate of drug-likeness (QED) is 0.796. The molecular weight excluding hydrogens is 310 g/mol. The molecule has 0 aromatic heterocycles. The largest absolute Gasteiger partial charge is 0.332 e. The lowest BCUT2D eigenvalue weighted by Crippen LogP contribution is -2.52. The van der Waals surface area contributed by atoms with Gasteiger partial charge in [-0.05, 0) is 37.0 Å². The first-order valence-corrected chi connectivity index (χ1v) is 10.1. The Morgan fingerprint density at radius 2 is 1.91 bits per heavy atom. The number of rotatable bonds is 4. The maximum absolute atomic E-state index is 13.2. The zero-order valence-corrected chi connectivity index (χ0v) is 14.5. The maximum atomic E-state index is 13.2. The van der Waals surface area contributed by atoms with Crippen LogP contribution in [0.15, 0.2) is 41.3 Å². The fraction of sp³-hybridized carbons (Fsp3) is 0.500. The third-order valence-electron chi connectivity index (χ3n) is 5.19. The molecule has 5 heteroatoms. The molecule has 1 amide bonds. The first kappa shape index (κ1) is 16.2. The van der Waals surface area contributed by atoms with E-state index in [1.807, 2.05) is 17.0 Å². The summed E-state index contributed by atoms with van der Waals surface area (Å²) in [5.41, 5.74) is 0.484. The summed E-state index contributed by atoms with van der Waals surface area (Å²) in [5.74, 6) is 0.188. The monoisotopic (exact) mass is 333 g/mol. The summed E-state index contributed by atoms with van der Waals surface area (Å²) in [6, 6.07) is 7.07. The summed E-state index contributed by atoms with van der Waals surface area (Å²) in [7, 11) is -3.21. The third-order valence-corrected chi connectivity index (χ3v) is 6.32. The second-order valence-electron chi connectivity index (χ2n) is 6.59. The molecule has 3 rings (SSSR count). The van der Waals surface area contributed by atoms with Crippen LogP contribution < -0.4 is 0 Å². The van der Waals surface area contributed by atoms with E-state index in [2.05, 4.69) is 19.1 Å². The van der Waals surface area contributed by atoms with Gasteiger partial charge in [0, 0.05) is 12.8 Å². The molecule has 0 bridgehead atoms. The second-order valence-corrected chi connectivity index (χ2v) is 8.61. The molecular formula is C18H23NO3S. The Labute approximate surface area is 138 Å². The van der Waals surface area contributed by atoms with Crippen LogP contribution in [0.3, 0.4) is 0 Å². The number of nitrogens with zero attached hydrogens (tertiary/aromatic N) is 1. The van der Waals surface area contributed by atoms with Crippen LogP contribution in [0.5, 0.6) is 0 Å². The lowest BCUT2D eigenvalue weighted by atomic mass is 9.63. The smallest absolute Gasteiger partial charge is 0.234 e. The summed E-state index contributed by atoms with van der Waals surface area (Å²) < 4.78 is 23.2. The number of carbonyl (C=O) groups excluding carboxylic acids is 1. The van der Waals surface area contributed by atoms with Crippen molar-refractivity contribution in [2.24, 2.45) is 0 Å². The van der Waals surface area contributed by atoms with Crippen molar-refractivity contribution in [2.45, 2.75) is 49.0 Å². The highest BCUT2D eigenvalue weighted by Crippen LogP contribution is 2.46. The van der Waals surface area contributed by atoms with Crippen LogP contribution in [0.2, 0.25) is 0 Å². The average molecular weight is 333 g/mol. The highest BCUT2D eigenvalue weighted by molar-refractivity contribution is 7.90. The molecule has 2 aliphatic rings. The predicted molar refractivity (Wildman–Crippen MR) is 90.0 cm³/mol. The van der Waals surface area contributed by atoms with Crippen LogP contribution in [-0.4, -0.2) is 38.1 Å². The van der Waals surface area contributed by atoms with E-state index >= 15 is 0 Å². The molecule has 4 nitrogen and oxygen atoms in total. The Balaban J connectivity index is 1.91. The zero-order valence-electron chi connectivity index (χ0n) is 13.7. The normalized spacial score (nSPS) is 22.9. The van der Waals surface area contributed by atoms with Gasteiger partial charge in [0.25, 0.3) is 0 Å². The van der Waals surface area contributed by atoms with E-state index in [4.69, 9.17) is 0 Å². The molecule has 1 aliphatic heterocycles. The molecule has 124 valence electrons. The number of sulfone groups is 1. The molecule has 1 heterocycles.